The van der Waals surface area contributed by atoms with Crippen molar-refractivity contribution >= 4 is 21.6 Å². The molecule has 3 rings (SSSR count). The van der Waals surface area contributed by atoms with Crippen LogP contribution < -0.4 is 9.62 Å². The van der Waals surface area contributed by atoms with Crippen LogP contribution in [0.5, 0.6) is 0 Å². The Hall–Kier alpha value is -3.12. The normalized spacial score (nSPS) is 12.4. The van der Waals surface area contributed by atoms with E-state index in [1.807, 2.05) is 42.5 Å². The number of hydrogen-bond donors (Lipinski definition) is 1. The molecule has 0 heterocycles. The van der Waals surface area contributed by atoms with Gasteiger partial charge in [-0.3, -0.25) is 9.10 Å². The predicted molar refractivity (Wildman–Crippen MR) is 135 cm³/mol. The van der Waals surface area contributed by atoms with Crippen molar-refractivity contribution < 1.29 is 13.2 Å². The number of benzene rings is 3. The highest BCUT2D eigenvalue weighted by Crippen LogP contribution is 2.24. The summed E-state index contributed by atoms with van der Waals surface area (Å²) in [6.45, 7) is 7.02. The predicted octanol–water partition coefficient (Wildman–Crippen LogP) is 5.31. The maximum atomic E-state index is 12.6. The molecule has 0 bridgehead atoms. The Morgan fingerprint density at radius 1 is 0.848 bits per heavy atom. The number of anilines is 1. The van der Waals surface area contributed by atoms with Gasteiger partial charge in [-0.15, -0.1) is 0 Å². The summed E-state index contributed by atoms with van der Waals surface area (Å²) in [7, 11) is -3.47. The highest BCUT2D eigenvalue weighted by Gasteiger charge is 2.18. The van der Waals surface area contributed by atoms with Gasteiger partial charge in [0.25, 0.3) is 5.91 Å². The van der Waals surface area contributed by atoms with E-state index in [4.69, 9.17) is 0 Å². The van der Waals surface area contributed by atoms with Gasteiger partial charge in [0.1, 0.15) is 0 Å². The van der Waals surface area contributed by atoms with E-state index in [1.165, 1.54) is 16.1 Å². The summed E-state index contributed by atoms with van der Waals surface area (Å²) >= 11 is 0. The Morgan fingerprint density at radius 2 is 1.45 bits per heavy atom. The summed E-state index contributed by atoms with van der Waals surface area (Å²) in [6, 6.07) is 24.7. The van der Waals surface area contributed by atoms with Crippen LogP contribution in [0.15, 0.2) is 78.9 Å². The van der Waals surface area contributed by atoms with Crippen LogP contribution in [0.3, 0.4) is 0 Å². The van der Waals surface area contributed by atoms with E-state index in [-0.39, 0.29) is 18.4 Å². The van der Waals surface area contributed by atoms with E-state index in [2.05, 4.69) is 38.2 Å². The molecule has 0 saturated heterocycles. The zero-order valence-electron chi connectivity index (χ0n) is 19.7. The molecule has 0 aromatic heterocycles. The van der Waals surface area contributed by atoms with Crippen molar-refractivity contribution in [1.82, 2.24) is 5.32 Å². The SMILES string of the molecule is CC(C)c1ccc(N(Cc2ccc(C(=O)NCC(C)c3ccccc3)cc2)S(C)(=O)=O)cc1. The fourth-order valence-electron chi connectivity index (χ4n) is 3.60. The molecule has 6 heteroatoms. The summed E-state index contributed by atoms with van der Waals surface area (Å²) in [5, 5.41) is 2.98. The van der Waals surface area contributed by atoms with E-state index < -0.39 is 10.0 Å². The number of carbonyl (C=O) groups is 1. The molecular weight excluding hydrogens is 432 g/mol. The quantitative estimate of drug-likeness (QED) is 0.467. The molecule has 3 aromatic carbocycles. The second-order valence-corrected chi connectivity index (χ2v) is 10.6. The third-order valence-corrected chi connectivity index (χ3v) is 6.87. The van der Waals surface area contributed by atoms with Crippen LogP contribution in [-0.4, -0.2) is 27.1 Å². The molecule has 0 saturated carbocycles. The van der Waals surface area contributed by atoms with Crippen LogP contribution in [0.1, 0.15) is 59.7 Å². The van der Waals surface area contributed by atoms with Crippen molar-refractivity contribution in [2.24, 2.45) is 0 Å². The first-order chi connectivity index (χ1) is 15.6. The number of nitrogens with one attached hydrogen (secondary N) is 1. The van der Waals surface area contributed by atoms with Crippen LogP contribution >= 0.6 is 0 Å². The van der Waals surface area contributed by atoms with E-state index in [0.717, 1.165) is 11.1 Å². The molecule has 1 amide bonds. The molecule has 5 nitrogen and oxygen atoms in total. The average Bonchev–Trinajstić information content (AvgIpc) is 2.81. The molecule has 3 aromatic rings. The van der Waals surface area contributed by atoms with E-state index in [1.54, 1.807) is 24.3 Å². The maximum absolute atomic E-state index is 12.6. The number of nitrogens with zero attached hydrogens (tertiary/aromatic N) is 1. The van der Waals surface area contributed by atoms with Gasteiger partial charge < -0.3 is 5.32 Å². The summed E-state index contributed by atoms with van der Waals surface area (Å²) < 4.78 is 26.3. The van der Waals surface area contributed by atoms with Crippen LogP contribution in [0.2, 0.25) is 0 Å². The Bertz CT molecular complexity index is 1160. The largest absolute Gasteiger partial charge is 0.351 e. The smallest absolute Gasteiger partial charge is 0.251 e. The van der Waals surface area contributed by atoms with Gasteiger partial charge >= 0.3 is 0 Å². The molecule has 1 atom stereocenters. The first-order valence-electron chi connectivity index (χ1n) is 11.1. The Balaban J connectivity index is 1.66. The standard InChI is InChI=1S/C27H32N2O3S/c1-20(2)23-14-16-26(17-15-23)29(33(4,31)32)19-22-10-12-25(13-11-22)27(30)28-18-21(3)24-8-6-5-7-9-24/h5-17,20-21H,18-19H2,1-4H3,(H,28,30). The first kappa shape index (κ1) is 24.5. The molecule has 33 heavy (non-hydrogen) atoms. The lowest BCUT2D eigenvalue weighted by Crippen LogP contribution is -2.29. The van der Waals surface area contributed by atoms with Gasteiger partial charge in [-0.2, -0.15) is 0 Å². The van der Waals surface area contributed by atoms with Crippen molar-refractivity contribution in [2.75, 3.05) is 17.1 Å². The van der Waals surface area contributed by atoms with Gasteiger partial charge in [-0.1, -0.05) is 75.4 Å². The van der Waals surface area contributed by atoms with Crippen LogP contribution in [-0.2, 0) is 16.6 Å². The van der Waals surface area contributed by atoms with Crippen molar-refractivity contribution in [1.29, 1.82) is 0 Å². The number of amides is 1. The number of sulfonamides is 1. The summed E-state index contributed by atoms with van der Waals surface area (Å²) in [5.74, 6) is 0.438. The van der Waals surface area contributed by atoms with Crippen LogP contribution in [0.25, 0.3) is 0 Å². The van der Waals surface area contributed by atoms with Crippen LogP contribution in [0, 0.1) is 0 Å². The monoisotopic (exact) mass is 464 g/mol. The Labute approximate surface area is 197 Å². The van der Waals surface area contributed by atoms with Gasteiger partial charge in [0.05, 0.1) is 18.5 Å². The van der Waals surface area contributed by atoms with Gasteiger partial charge in [-0.25, -0.2) is 8.42 Å². The van der Waals surface area contributed by atoms with Crippen molar-refractivity contribution in [3.05, 3.63) is 101 Å². The zero-order chi connectivity index (χ0) is 24.0. The third-order valence-electron chi connectivity index (χ3n) is 5.73. The molecule has 0 radical (unpaired) electrons. The number of carbonyl (C=O) groups excluding carboxylic acids is 1. The lowest BCUT2D eigenvalue weighted by molar-refractivity contribution is 0.0951. The Morgan fingerprint density at radius 3 is 2.00 bits per heavy atom. The molecule has 174 valence electrons. The summed E-state index contributed by atoms with van der Waals surface area (Å²) in [6.07, 6.45) is 1.21. The fraction of sp³-hybridized carbons (Fsp3) is 0.296. The molecule has 0 aliphatic carbocycles. The summed E-state index contributed by atoms with van der Waals surface area (Å²) in [5.41, 5.74) is 4.31. The van der Waals surface area contributed by atoms with Gasteiger partial charge in [0, 0.05) is 12.1 Å². The van der Waals surface area contributed by atoms with E-state index >= 15 is 0 Å². The van der Waals surface area contributed by atoms with Gasteiger partial charge in [0.2, 0.25) is 10.0 Å². The van der Waals surface area contributed by atoms with E-state index in [9.17, 15) is 13.2 Å². The number of rotatable bonds is 9. The molecule has 0 aliphatic heterocycles. The van der Waals surface area contributed by atoms with Crippen LogP contribution in [0.4, 0.5) is 5.69 Å². The second-order valence-electron chi connectivity index (χ2n) is 8.73. The second kappa shape index (κ2) is 10.7. The van der Waals surface area contributed by atoms with Gasteiger partial charge in [-0.05, 0) is 52.8 Å². The van der Waals surface area contributed by atoms with Crippen molar-refractivity contribution in [3.63, 3.8) is 0 Å². The minimum Gasteiger partial charge on any atom is -0.351 e. The lowest BCUT2D eigenvalue weighted by atomic mass is 10.0. The molecule has 0 aliphatic rings. The third kappa shape index (κ3) is 6.68. The van der Waals surface area contributed by atoms with Crippen molar-refractivity contribution in [3.8, 4) is 0 Å². The minimum atomic E-state index is -3.47. The zero-order valence-corrected chi connectivity index (χ0v) is 20.5. The Kier molecular flexibility index (Phi) is 7.92. The highest BCUT2D eigenvalue weighted by atomic mass is 32.2. The minimum absolute atomic E-state index is 0.145. The molecule has 1 unspecified atom stereocenters. The lowest BCUT2D eigenvalue weighted by Gasteiger charge is -2.23. The van der Waals surface area contributed by atoms with E-state index in [0.29, 0.717) is 23.7 Å². The number of hydrogen-bond acceptors (Lipinski definition) is 3. The van der Waals surface area contributed by atoms with Gasteiger partial charge in [0.15, 0.2) is 0 Å². The molecule has 0 spiro atoms. The first-order valence-corrected chi connectivity index (χ1v) is 13.0. The summed E-state index contributed by atoms with van der Waals surface area (Å²) in [4.78, 5) is 12.6. The maximum Gasteiger partial charge on any atom is 0.251 e. The fourth-order valence-corrected chi connectivity index (χ4v) is 4.49. The average molecular weight is 465 g/mol. The molecule has 0 fully saturated rings. The highest BCUT2D eigenvalue weighted by molar-refractivity contribution is 7.92. The molecule has 1 N–H and O–H groups in total. The molecular formula is C27H32N2O3S. The topological polar surface area (TPSA) is 66.5 Å². The van der Waals surface area contributed by atoms with Crippen molar-refractivity contribution in [2.45, 2.75) is 39.2 Å².